The summed E-state index contributed by atoms with van der Waals surface area (Å²) in [5.74, 6) is 0.825. The molecule has 28 heavy (non-hydrogen) atoms. The van der Waals surface area contributed by atoms with Crippen molar-refractivity contribution in [2.45, 2.75) is 25.3 Å². The standard InChI is InChI=1S/C22H28N4O2/c27-22(20-8-2-4-11-24-20)25-21(19-7-1-3-10-23-19)18-6-5-12-26(15-18)14-17-9-13-28-16-17/h1-4,7-8,10-11,17-18,21H,5-6,9,12-16H2,(H,25,27). The Morgan fingerprint density at radius 1 is 1.18 bits per heavy atom. The van der Waals surface area contributed by atoms with Crippen LogP contribution in [0.4, 0.5) is 0 Å². The Hall–Kier alpha value is -2.31. The van der Waals surface area contributed by atoms with E-state index in [0.717, 1.165) is 57.8 Å². The number of rotatable bonds is 6. The Balaban J connectivity index is 1.49. The van der Waals surface area contributed by atoms with E-state index in [9.17, 15) is 4.79 Å². The van der Waals surface area contributed by atoms with Crippen molar-refractivity contribution in [1.82, 2.24) is 20.2 Å². The number of hydrogen-bond acceptors (Lipinski definition) is 5. The molecule has 6 heteroatoms. The summed E-state index contributed by atoms with van der Waals surface area (Å²) in [7, 11) is 0. The molecule has 0 aliphatic carbocycles. The van der Waals surface area contributed by atoms with Crippen molar-refractivity contribution < 1.29 is 9.53 Å². The molecular formula is C22H28N4O2. The maximum absolute atomic E-state index is 12.8. The van der Waals surface area contributed by atoms with Gasteiger partial charge in [0, 0.05) is 32.1 Å². The van der Waals surface area contributed by atoms with E-state index in [2.05, 4.69) is 20.2 Å². The summed E-state index contributed by atoms with van der Waals surface area (Å²) in [6.45, 7) is 4.94. The minimum absolute atomic E-state index is 0.113. The molecule has 2 saturated heterocycles. The van der Waals surface area contributed by atoms with Crippen LogP contribution in [-0.2, 0) is 4.74 Å². The predicted molar refractivity (Wildman–Crippen MR) is 107 cm³/mol. The third-order valence-corrected chi connectivity index (χ3v) is 5.74. The first-order valence-electron chi connectivity index (χ1n) is 10.2. The fourth-order valence-electron chi connectivity index (χ4n) is 4.33. The largest absolute Gasteiger partial charge is 0.381 e. The molecule has 4 rings (SSSR count). The Bertz CT molecular complexity index is 750. The molecular weight excluding hydrogens is 352 g/mol. The lowest BCUT2D eigenvalue weighted by atomic mass is 9.87. The molecule has 6 nitrogen and oxygen atoms in total. The van der Waals surface area contributed by atoms with Gasteiger partial charge in [-0.1, -0.05) is 12.1 Å². The van der Waals surface area contributed by atoms with Crippen LogP contribution in [0.5, 0.6) is 0 Å². The predicted octanol–water partition coefficient (Wildman–Crippen LogP) is 2.70. The van der Waals surface area contributed by atoms with Crippen LogP contribution >= 0.6 is 0 Å². The van der Waals surface area contributed by atoms with Crippen LogP contribution in [-0.4, -0.2) is 53.6 Å². The second-order valence-electron chi connectivity index (χ2n) is 7.81. The lowest BCUT2D eigenvalue weighted by Gasteiger charge is -2.38. The third kappa shape index (κ3) is 4.75. The minimum atomic E-state index is -0.141. The van der Waals surface area contributed by atoms with Crippen LogP contribution in [0.1, 0.15) is 41.5 Å². The third-order valence-electron chi connectivity index (χ3n) is 5.74. The molecule has 3 unspecified atom stereocenters. The average molecular weight is 380 g/mol. The number of piperidine rings is 1. The van der Waals surface area contributed by atoms with Crippen molar-refractivity contribution in [3.8, 4) is 0 Å². The average Bonchev–Trinajstić information content (AvgIpc) is 3.26. The number of hydrogen-bond donors (Lipinski definition) is 1. The Labute approximate surface area is 166 Å². The minimum Gasteiger partial charge on any atom is -0.381 e. The van der Waals surface area contributed by atoms with Gasteiger partial charge in [0.25, 0.3) is 5.91 Å². The highest BCUT2D eigenvalue weighted by Crippen LogP contribution is 2.30. The molecule has 2 aromatic heterocycles. The van der Waals surface area contributed by atoms with Gasteiger partial charge in [0.2, 0.25) is 0 Å². The van der Waals surface area contributed by atoms with Crippen LogP contribution < -0.4 is 5.32 Å². The molecule has 0 radical (unpaired) electrons. The summed E-state index contributed by atoms with van der Waals surface area (Å²) in [5, 5.41) is 3.22. The maximum Gasteiger partial charge on any atom is 0.270 e. The number of nitrogens with one attached hydrogen (secondary N) is 1. The first-order chi connectivity index (χ1) is 13.8. The van der Waals surface area contributed by atoms with Gasteiger partial charge in [-0.05, 0) is 61.9 Å². The van der Waals surface area contributed by atoms with Crippen molar-refractivity contribution in [1.29, 1.82) is 0 Å². The topological polar surface area (TPSA) is 67.4 Å². The molecule has 1 amide bonds. The number of aromatic nitrogens is 2. The van der Waals surface area contributed by atoms with Crippen molar-refractivity contribution in [2.75, 3.05) is 32.8 Å². The first-order valence-corrected chi connectivity index (χ1v) is 10.2. The van der Waals surface area contributed by atoms with Gasteiger partial charge in [-0.2, -0.15) is 0 Å². The van der Waals surface area contributed by atoms with E-state index < -0.39 is 0 Å². The molecule has 4 heterocycles. The lowest BCUT2D eigenvalue weighted by Crippen LogP contribution is -2.44. The highest BCUT2D eigenvalue weighted by atomic mass is 16.5. The van der Waals surface area contributed by atoms with E-state index in [0.29, 0.717) is 17.5 Å². The van der Waals surface area contributed by atoms with Crippen molar-refractivity contribution >= 4 is 5.91 Å². The van der Waals surface area contributed by atoms with Crippen molar-refractivity contribution in [2.24, 2.45) is 11.8 Å². The SMILES string of the molecule is O=C(NC(c1ccccn1)C1CCCN(CC2CCOC2)C1)c1ccccn1. The van der Waals surface area contributed by atoms with Crippen molar-refractivity contribution in [3.63, 3.8) is 0 Å². The number of carbonyl (C=O) groups is 1. The van der Waals surface area contributed by atoms with E-state index >= 15 is 0 Å². The number of likely N-dealkylation sites (tertiary alicyclic amines) is 1. The van der Waals surface area contributed by atoms with Gasteiger partial charge in [-0.25, -0.2) is 0 Å². The lowest BCUT2D eigenvalue weighted by molar-refractivity contribution is 0.0856. The second-order valence-corrected chi connectivity index (χ2v) is 7.81. The normalized spacial score (nSPS) is 24.0. The number of pyridine rings is 2. The Morgan fingerprint density at radius 3 is 2.75 bits per heavy atom. The Kier molecular flexibility index (Phi) is 6.29. The summed E-state index contributed by atoms with van der Waals surface area (Å²) < 4.78 is 5.54. The van der Waals surface area contributed by atoms with Crippen LogP contribution in [0.3, 0.4) is 0 Å². The molecule has 2 aromatic rings. The molecule has 2 fully saturated rings. The van der Waals surface area contributed by atoms with Crippen LogP contribution in [0.25, 0.3) is 0 Å². The van der Waals surface area contributed by atoms with Gasteiger partial charge in [0.05, 0.1) is 18.3 Å². The van der Waals surface area contributed by atoms with E-state index in [1.807, 2.05) is 30.3 Å². The zero-order valence-corrected chi connectivity index (χ0v) is 16.2. The van der Waals surface area contributed by atoms with Crippen molar-refractivity contribution in [3.05, 3.63) is 60.2 Å². The molecule has 148 valence electrons. The van der Waals surface area contributed by atoms with Gasteiger partial charge < -0.3 is 15.0 Å². The Morgan fingerprint density at radius 2 is 2.04 bits per heavy atom. The van der Waals surface area contributed by atoms with E-state index in [-0.39, 0.29) is 11.9 Å². The molecule has 2 aliphatic rings. The summed E-state index contributed by atoms with van der Waals surface area (Å²) in [6.07, 6.45) is 6.83. The summed E-state index contributed by atoms with van der Waals surface area (Å²) in [5.41, 5.74) is 1.36. The van der Waals surface area contributed by atoms with Gasteiger partial charge in [0.15, 0.2) is 0 Å². The number of carbonyl (C=O) groups excluding carboxylic acids is 1. The summed E-state index contributed by atoms with van der Waals surface area (Å²) in [4.78, 5) is 24.1. The molecule has 2 aliphatic heterocycles. The summed E-state index contributed by atoms with van der Waals surface area (Å²) in [6, 6.07) is 11.2. The monoisotopic (exact) mass is 380 g/mol. The summed E-state index contributed by atoms with van der Waals surface area (Å²) >= 11 is 0. The van der Waals surface area contributed by atoms with Gasteiger partial charge in [0.1, 0.15) is 5.69 Å². The molecule has 0 aromatic carbocycles. The van der Waals surface area contributed by atoms with E-state index in [1.54, 1.807) is 18.5 Å². The van der Waals surface area contributed by atoms with Gasteiger partial charge in [-0.15, -0.1) is 0 Å². The fourth-order valence-corrected chi connectivity index (χ4v) is 4.33. The van der Waals surface area contributed by atoms with Gasteiger partial charge >= 0.3 is 0 Å². The number of amides is 1. The molecule has 0 saturated carbocycles. The molecule has 3 atom stereocenters. The number of nitrogens with zero attached hydrogens (tertiary/aromatic N) is 3. The highest BCUT2D eigenvalue weighted by molar-refractivity contribution is 5.92. The molecule has 0 spiro atoms. The van der Waals surface area contributed by atoms with Crippen LogP contribution in [0.15, 0.2) is 48.8 Å². The zero-order valence-electron chi connectivity index (χ0n) is 16.2. The zero-order chi connectivity index (χ0) is 19.2. The number of ether oxygens (including phenoxy) is 1. The fraction of sp³-hybridized carbons (Fsp3) is 0.500. The van der Waals surface area contributed by atoms with Crippen LogP contribution in [0, 0.1) is 11.8 Å². The maximum atomic E-state index is 12.8. The smallest absolute Gasteiger partial charge is 0.270 e. The van der Waals surface area contributed by atoms with Crippen LogP contribution in [0.2, 0.25) is 0 Å². The highest BCUT2D eigenvalue weighted by Gasteiger charge is 2.32. The quantitative estimate of drug-likeness (QED) is 0.835. The molecule has 0 bridgehead atoms. The van der Waals surface area contributed by atoms with E-state index in [1.165, 1.54) is 0 Å². The second kappa shape index (κ2) is 9.26. The molecule has 1 N–H and O–H groups in total. The van der Waals surface area contributed by atoms with E-state index in [4.69, 9.17) is 4.74 Å². The van der Waals surface area contributed by atoms with Gasteiger partial charge in [-0.3, -0.25) is 14.8 Å². The first kappa shape index (κ1) is 19.0.